The average molecular weight is 213 g/mol. The molecular weight excluding hydrogens is 200 g/mol. The molecule has 1 aliphatic rings. The Balaban J connectivity index is 2.62. The number of nitrogens with zero attached hydrogens (tertiary/aromatic N) is 1. The van der Waals surface area contributed by atoms with Gasteiger partial charge in [-0.25, -0.2) is 8.78 Å². The van der Waals surface area contributed by atoms with E-state index in [4.69, 9.17) is 0 Å². The monoisotopic (exact) mass is 213 g/mol. The third-order valence-electron chi connectivity index (χ3n) is 2.95. The smallest absolute Gasteiger partial charge is 0.264 e. The predicted octanol–water partition coefficient (Wildman–Crippen LogP) is 2.44. The minimum Gasteiger partial charge on any atom is -0.618 e. The maximum Gasteiger partial charge on any atom is 0.264 e. The van der Waals surface area contributed by atoms with E-state index in [-0.39, 0.29) is 5.56 Å². The van der Waals surface area contributed by atoms with Crippen LogP contribution < -0.4 is 4.73 Å². The summed E-state index contributed by atoms with van der Waals surface area (Å²) in [4.78, 5) is 0. The summed E-state index contributed by atoms with van der Waals surface area (Å²) in [6, 6.07) is 1.32. The van der Waals surface area contributed by atoms with Crippen molar-refractivity contribution in [3.63, 3.8) is 0 Å². The Labute approximate surface area is 87.1 Å². The van der Waals surface area contributed by atoms with Gasteiger partial charge in [0.1, 0.15) is 0 Å². The molecule has 1 heterocycles. The zero-order valence-electron chi connectivity index (χ0n) is 8.59. The van der Waals surface area contributed by atoms with Crippen molar-refractivity contribution in [1.82, 2.24) is 0 Å². The van der Waals surface area contributed by atoms with E-state index in [0.717, 1.165) is 17.6 Å². The van der Waals surface area contributed by atoms with Gasteiger partial charge in [-0.05, 0) is 19.3 Å². The summed E-state index contributed by atoms with van der Waals surface area (Å²) in [5.41, 5.74) is 1.55. The molecule has 0 amide bonds. The van der Waals surface area contributed by atoms with Gasteiger partial charge < -0.3 is 5.21 Å². The Morgan fingerprint density at radius 2 is 2.00 bits per heavy atom. The van der Waals surface area contributed by atoms with Gasteiger partial charge in [-0.3, -0.25) is 0 Å². The third-order valence-corrected chi connectivity index (χ3v) is 2.95. The lowest BCUT2D eigenvalue weighted by Gasteiger charge is -2.19. The number of rotatable bonds is 1. The normalized spacial score (nSPS) is 15.5. The topological polar surface area (TPSA) is 26.9 Å². The van der Waals surface area contributed by atoms with E-state index in [1.807, 2.05) is 0 Å². The molecule has 0 radical (unpaired) electrons. The molecule has 0 aliphatic heterocycles. The zero-order chi connectivity index (χ0) is 11.0. The van der Waals surface area contributed by atoms with Gasteiger partial charge in [0.25, 0.3) is 6.43 Å². The molecule has 15 heavy (non-hydrogen) atoms. The molecule has 82 valence electrons. The Kier molecular flexibility index (Phi) is 2.59. The van der Waals surface area contributed by atoms with Gasteiger partial charge in [0.05, 0.1) is 0 Å². The van der Waals surface area contributed by atoms with Gasteiger partial charge in [0.15, 0.2) is 11.4 Å². The lowest BCUT2D eigenvalue weighted by molar-refractivity contribution is -0.621. The molecule has 0 N–H and O–H groups in total. The summed E-state index contributed by atoms with van der Waals surface area (Å²) in [6.07, 6.45) is 0.575. The minimum atomic E-state index is -2.48. The molecule has 1 aromatic rings. The molecule has 0 saturated heterocycles. The highest BCUT2D eigenvalue weighted by Crippen LogP contribution is 2.29. The van der Waals surface area contributed by atoms with E-state index in [1.165, 1.54) is 6.07 Å². The average Bonchev–Trinajstić information content (AvgIpc) is 2.23. The highest BCUT2D eigenvalue weighted by molar-refractivity contribution is 5.32. The zero-order valence-corrected chi connectivity index (χ0v) is 8.59. The first kappa shape index (κ1) is 10.3. The van der Waals surface area contributed by atoms with E-state index < -0.39 is 6.43 Å². The van der Waals surface area contributed by atoms with E-state index >= 15 is 0 Å². The van der Waals surface area contributed by atoms with Crippen molar-refractivity contribution in [2.24, 2.45) is 0 Å². The first-order valence-corrected chi connectivity index (χ1v) is 5.14. The van der Waals surface area contributed by atoms with Gasteiger partial charge in [0, 0.05) is 30.5 Å². The highest BCUT2D eigenvalue weighted by Gasteiger charge is 2.26. The Hall–Kier alpha value is -1.19. The van der Waals surface area contributed by atoms with Crippen molar-refractivity contribution in [3.8, 4) is 0 Å². The van der Waals surface area contributed by atoms with Crippen molar-refractivity contribution in [1.29, 1.82) is 0 Å². The van der Waals surface area contributed by atoms with Gasteiger partial charge in [-0.2, -0.15) is 4.73 Å². The summed E-state index contributed by atoms with van der Waals surface area (Å²) in [5, 5.41) is 11.7. The van der Waals surface area contributed by atoms with Crippen molar-refractivity contribution in [2.75, 3.05) is 0 Å². The fourth-order valence-corrected chi connectivity index (χ4v) is 2.20. The van der Waals surface area contributed by atoms with E-state index in [0.29, 0.717) is 29.8 Å². The molecule has 0 fully saturated rings. The van der Waals surface area contributed by atoms with Crippen LogP contribution in [0.15, 0.2) is 6.07 Å². The van der Waals surface area contributed by atoms with Crippen molar-refractivity contribution >= 4 is 0 Å². The fraction of sp³-hybridized carbons (Fsp3) is 0.545. The molecule has 0 bridgehead atoms. The van der Waals surface area contributed by atoms with E-state index in [2.05, 4.69) is 0 Å². The Morgan fingerprint density at radius 1 is 1.33 bits per heavy atom. The molecule has 0 saturated carbocycles. The van der Waals surface area contributed by atoms with Crippen molar-refractivity contribution < 1.29 is 13.5 Å². The van der Waals surface area contributed by atoms with Crippen molar-refractivity contribution in [3.05, 3.63) is 33.8 Å². The van der Waals surface area contributed by atoms with Gasteiger partial charge in [-0.15, -0.1) is 0 Å². The van der Waals surface area contributed by atoms with Crippen LogP contribution in [-0.2, 0) is 12.8 Å². The molecule has 0 unspecified atom stereocenters. The molecule has 4 heteroatoms. The van der Waals surface area contributed by atoms with Crippen LogP contribution in [0, 0.1) is 12.1 Å². The number of pyridine rings is 1. The van der Waals surface area contributed by atoms with E-state index in [1.54, 1.807) is 6.92 Å². The quantitative estimate of drug-likeness (QED) is 0.520. The Bertz CT molecular complexity index is 391. The number of fused-ring (bicyclic) bond motifs is 1. The first-order chi connectivity index (χ1) is 7.11. The maximum atomic E-state index is 12.8. The van der Waals surface area contributed by atoms with Gasteiger partial charge in [0.2, 0.25) is 0 Å². The van der Waals surface area contributed by atoms with Crippen LogP contribution in [0.5, 0.6) is 0 Å². The van der Waals surface area contributed by atoms with Gasteiger partial charge in [-0.1, -0.05) is 0 Å². The molecule has 2 rings (SSSR count). The van der Waals surface area contributed by atoms with Crippen LogP contribution in [0.2, 0.25) is 0 Å². The number of hydrogen-bond acceptors (Lipinski definition) is 1. The number of aromatic nitrogens is 1. The lowest BCUT2D eigenvalue weighted by atomic mass is 9.91. The fourth-order valence-electron chi connectivity index (χ4n) is 2.20. The number of alkyl halides is 2. The molecular formula is C11H13F2NO. The Morgan fingerprint density at radius 3 is 2.67 bits per heavy atom. The predicted molar refractivity (Wildman–Crippen MR) is 51.7 cm³/mol. The van der Waals surface area contributed by atoms with Gasteiger partial charge >= 0.3 is 0 Å². The third kappa shape index (κ3) is 1.68. The molecule has 0 atom stereocenters. The van der Waals surface area contributed by atoms with Crippen LogP contribution >= 0.6 is 0 Å². The van der Waals surface area contributed by atoms with Crippen LogP contribution in [0.1, 0.15) is 41.8 Å². The minimum absolute atomic E-state index is 0.0503. The largest absolute Gasteiger partial charge is 0.618 e. The SMILES string of the molecule is Cc1cc(C(F)F)c2c([n+]1[O-])CCCC2. The standard InChI is InChI=1S/C11H13F2NO/c1-7-6-9(11(12)13)8-4-2-3-5-10(8)14(7)15/h6,11H,2-5H2,1H3. The first-order valence-electron chi connectivity index (χ1n) is 5.14. The number of aryl methyl sites for hydroxylation is 1. The summed E-state index contributed by atoms with van der Waals surface area (Å²) < 4.78 is 26.3. The lowest BCUT2D eigenvalue weighted by Crippen LogP contribution is -2.38. The molecule has 0 spiro atoms. The number of halogens is 2. The second kappa shape index (κ2) is 3.76. The summed E-state index contributed by atoms with van der Waals surface area (Å²) in [5.74, 6) is 0. The van der Waals surface area contributed by atoms with Crippen LogP contribution in [0.4, 0.5) is 8.78 Å². The van der Waals surface area contributed by atoms with Crippen LogP contribution in [0.25, 0.3) is 0 Å². The summed E-state index contributed by atoms with van der Waals surface area (Å²) >= 11 is 0. The maximum absolute atomic E-state index is 12.8. The molecule has 1 aliphatic carbocycles. The second-order valence-electron chi connectivity index (χ2n) is 3.97. The second-order valence-corrected chi connectivity index (χ2v) is 3.97. The summed E-state index contributed by atoms with van der Waals surface area (Å²) in [7, 11) is 0. The summed E-state index contributed by atoms with van der Waals surface area (Å²) in [6.45, 7) is 1.58. The molecule has 2 nitrogen and oxygen atoms in total. The van der Waals surface area contributed by atoms with Crippen LogP contribution in [0.3, 0.4) is 0 Å². The highest BCUT2D eigenvalue weighted by atomic mass is 19.3. The van der Waals surface area contributed by atoms with E-state index in [9.17, 15) is 14.0 Å². The van der Waals surface area contributed by atoms with Crippen molar-refractivity contribution in [2.45, 2.75) is 39.0 Å². The van der Waals surface area contributed by atoms with Crippen LogP contribution in [-0.4, -0.2) is 0 Å². The molecule has 0 aromatic carbocycles. The molecule has 1 aromatic heterocycles. The number of hydrogen-bond donors (Lipinski definition) is 0.